The Labute approximate surface area is 113 Å². The summed E-state index contributed by atoms with van der Waals surface area (Å²) in [6, 6.07) is 6.29. The van der Waals surface area contributed by atoms with Gasteiger partial charge in [-0.05, 0) is 19.9 Å². The fourth-order valence-electron chi connectivity index (χ4n) is 2.34. The predicted octanol–water partition coefficient (Wildman–Crippen LogP) is 1.94. The maximum atomic E-state index is 13.7. The molecule has 0 spiro atoms. The van der Waals surface area contributed by atoms with E-state index in [1.54, 1.807) is 32.0 Å². The first-order valence-electron chi connectivity index (χ1n) is 6.06. The average molecular weight is 287 g/mol. The molecule has 0 amide bonds. The van der Waals surface area contributed by atoms with Crippen LogP contribution in [0.15, 0.2) is 24.3 Å². The van der Waals surface area contributed by atoms with Gasteiger partial charge in [0.25, 0.3) is 0 Å². The fraction of sp³-hybridized carbons (Fsp3) is 0.538. The van der Waals surface area contributed by atoms with E-state index in [0.717, 1.165) is 0 Å². The lowest BCUT2D eigenvalue weighted by Gasteiger charge is -2.43. The molecule has 1 aliphatic rings. The molecule has 1 fully saturated rings. The number of halogens is 1. The standard InChI is InChI=1S/C13H18FNO3S/c1-13(2)9-18-12(8-15(13)19(3,16)17)10-6-4-5-7-11(10)14/h4-7,12H,8-9H2,1-3H3. The molecule has 1 unspecified atom stereocenters. The van der Waals surface area contributed by atoms with Crippen molar-refractivity contribution < 1.29 is 17.5 Å². The van der Waals surface area contributed by atoms with E-state index in [-0.39, 0.29) is 19.0 Å². The van der Waals surface area contributed by atoms with Gasteiger partial charge in [-0.1, -0.05) is 18.2 Å². The topological polar surface area (TPSA) is 46.6 Å². The molecule has 0 aromatic heterocycles. The molecule has 0 radical (unpaired) electrons. The first-order valence-corrected chi connectivity index (χ1v) is 7.90. The molecule has 6 heteroatoms. The summed E-state index contributed by atoms with van der Waals surface area (Å²) in [7, 11) is -3.36. The third-order valence-corrected chi connectivity index (χ3v) is 4.74. The molecule has 1 aliphatic heterocycles. The second-order valence-corrected chi connectivity index (χ2v) is 7.33. The number of morpholine rings is 1. The van der Waals surface area contributed by atoms with Gasteiger partial charge in [0, 0.05) is 12.1 Å². The third kappa shape index (κ3) is 2.96. The molecule has 0 aliphatic carbocycles. The Morgan fingerprint density at radius 2 is 2.00 bits per heavy atom. The summed E-state index contributed by atoms with van der Waals surface area (Å²) in [6.07, 6.45) is 0.599. The molecule has 19 heavy (non-hydrogen) atoms. The van der Waals surface area contributed by atoms with Gasteiger partial charge in [-0.15, -0.1) is 0 Å². The van der Waals surface area contributed by atoms with E-state index in [9.17, 15) is 12.8 Å². The minimum absolute atomic E-state index is 0.132. The molecule has 106 valence electrons. The van der Waals surface area contributed by atoms with Crippen LogP contribution in [0.1, 0.15) is 25.5 Å². The van der Waals surface area contributed by atoms with Crippen LogP contribution in [0.4, 0.5) is 4.39 Å². The predicted molar refractivity (Wildman–Crippen MR) is 70.7 cm³/mol. The molecule has 1 heterocycles. The number of benzene rings is 1. The molecule has 0 N–H and O–H groups in total. The zero-order valence-corrected chi connectivity index (χ0v) is 12.1. The second kappa shape index (κ2) is 4.85. The molecular weight excluding hydrogens is 269 g/mol. The van der Waals surface area contributed by atoms with E-state index < -0.39 is 21.7 Å². The number of ether oxygens (including phenoxy) is 1. The van der Waals surface area contributed by atoms with E-state index in [1.807, 2.05) is 0 Å². The van der Waals surface area contributed by atoms with Crippen molar-refractivity contribution in [1.29, 1.82) is 0 Å². The van der Waals surface area contributed by atoms with Crippen molar-refractivity contribution in [3.63, 3.8) is 0 Å². The van der Waals surface area contributed by atoms with Crippen LogP contribution in [-0.4, -0.2) is 37.7 Å². The minimum Gasteiger partial charge on any atom is -0.370 e. The van der Waals surface area contributed by atoms with Crippen LogP contribution in [0.25, 0.3) is 0 Å². The molecule has 1 aromatic rings. The summed E-state index contributed by atoms with van der Waals surface area (Å²) < 4.78 is 44.4. The van der Waals surface area contributed by atoms with Crippen LogP contribution in [0.2, 0.25) is 0 Å². The van der Waals surface area contributed by atoms with Crippen LogP contribution in [-0.2, 0) is 14.8 Å². The van der Waals surface area contributed by atoms with Crippen molar-refractivity contribution in [2.45, 2.75) is 25.5 Å². The first kappa shape index (κ1) is 14.4. The highest BCUT2D eigenvalue weighted by Crippen LogP contribution is 2.32. The lowest BCUT2D eigenvalue weighted by atomic mass is 10.0. The van der Waals surface area contributed by atoms with Gasteiger partial charge in [-0.25, -0.2) is 12.8 Å². The molecular formula is C13H18FNO3S. The van der Waals surface area contributed by atoms with E-state index in [0.29, 0.717) is 5.56 Å². The molecule has 1 saturated heterocycles. The van der Waals surface area contributed by atoms with Crippen molar-refractivity contribution in [2.24, 2.45) is 0 Å². The van der Waals surface area contributed by atoms with E-state index >= 15 is 0 Å². The highest BCUT2D eigenvalue weighted by atomic mass is 32.2. The van der Waals surface area contributed by atoms with E-state index in [2.05, 4.69) is 0 Å². The summed E-state index contributed by atoms with van der Waals surface area (Å²) >= 11 is 0. The summed E-state index contributed by atoms with van der Waals surface area (Å²) in [5.41, 5.74) is -0.221. The van der Waals surface area contributed by atoms with Gasteiger partial charge in [0.2, 0.25) is 10.0 Å². The van der Waals surface area contributed by atoms with Crippen molar-refractivity contribution in [2.75, 3.05) is 19.4 Å². The number of sulfonamides is 1. The van der Waals surface area contributed by atoms with Gasteiger partial charge in [-0.3, -0.25) is 0 Å². The van der Waals surface area contributed by atoms with Crippen LogP contribution < -0.4 is 0 Å². The van der Waals surface area contributed by atoms with Gasteiger partial charge in [0.15, 0.2) is 0 Å². The molecule has 0 bridgehead atoms. The van der Waals surface area contributed by atoms with Gasteiger partial charge in [0.1, 0.15) is 5.82 Å². The van der Waals surface area contributed by atoms with Crippen LogP contribution in [0, 0.1) is 5.82 Å². The summed E-state index contributed by atoms with van der Waals surface area (Å²) in [5.74, 6) is -0.374. The fourth-order valence-corrected chi connectivity index (χ4v) is 3.69. The maximum absolute atomic E-state index is 13.7. The Hall–Kier alpha value is -0.980. The van der Waals surface area contributed by atoms with E-state index in [4.69, 9.17) is 4.74 Å². The summed E-state index contributed by atoms with van der Waals surface area (Å²) in [4.78, 5) is 0. The Morgan fingerprint density at radius 3 is 2.58 bits per heavy atom. The van der Waals surface area contributed by atoms with Crippen molar-refractivity contribution in [1.82, 2.24) is 4.31 Å². The van der Waals surface area contributed by atoms with Crippen LogP contribution in [0.3, 0.4) is 0 Å². The third-order valence-electron chi connectivity index (χ3n) is 3.30. The van der Waals surface area contributed by atoms with E-state index in [1.165, 1.54) is 16.6 Å². The minimum atomic E-state index is -3.36. The van der Waals surface area contributed by atoms with Crippen LogP contribution in [0.5, 0.6) is 0 Å². The van der Waals surface area contributed by atoms with Gasteiger partial charge < -0.3 is 4.74 Å². The highest BCUT2D eigenvalue weighted by Gasteiger charge is 2.41. The average Bonchev–Trinajstić information content (AvgIpc) is 2.28. The zero-order chi connectivity index (χ0) is 14.3. The quantitative estimate of drug-likeness (QED) is 0.835. The summed E-state index contributed by atoms with van der Waals surface area (Å²) in [6.45, 7) is 3.96. The number of nitrogens with zero attached hydrogens (tertiary/aromatic N) is 1. The number of hydrogen-bond donors (Lipinski definition) is 0. The van der Waals surface area contributed by atoms with Gasteiger partial charge in [0.05, 0.1) is 24.5 Å². The second-order valence-electron chi connectivity index (χ2n) is 5.43. The first-order chi connectivity index (χ1) is 8.72. The van der Waals surface area contributed by atoms with Gasteiger partial charge >= 0.3 is 0 Å². The maximum Gasteiger partial charge on any atom is 0.211 e. The Bertz CT molecular complexity index is 571. The lowest BCUT2D eigenvalue weighted by Crippen LogP contribution is -2.55. The lowest BCUT2D eigenvalue weighted by molar-refractivity contribution is -0.0665. The molecule has 0 saturated carbocycles. The zero-order valence-electron chi connectivity index (χ0n) is 11.3. The smallest absolute Gasteiger partial charge is 0.211 e. The number of hydrogen-bond acceptors (Lipinski definition) is 3. The Morgan fingerprint density at radius 1 is 1.37 bits per heavy atom. The summed E-state index contributed by atoms with van der Waals surface area (Å²) in [5, 5.41) is 0. The Kier molecular flexibility index (Phi) is 3.68. The molecule has 4 nitrogen and oxygen atoms in total. The van der Waals surface area contributed by atoms with Crippen molar-refractivity contribution >= 4 is 10.0 Å². The molecule has 1 aromatic carbocycles. The SMILES string of the molecule is CC1(C)COC(c2ccccc2F)CN1S(C)(=O)=O. The molecule has 1 atom stereocenters. The molecule has 2 rings (SSSR count). The largest absolute Gasteiger partial charge is 0.370 e. The number of rotatable bonds is 2. The van der Waals surface area contributed by atoms with Crippen LogP contribution >= 0.6 is 0 Å². The monoisotopic (exact) mass is 287 g/mol. The van der Waals surface area contributed by atoms with Crippen molar-refractivity contribution in [3.8, 4) is 0 Å². The van der Waals surface area contributed by atoms with Gasteiger partial charge in [-0.2, -0.15) is 4.31 Å². The Balaban J connectivity index is 2.32. The van der Waals surface area contributed by atoms with Crippen molar-refractivity contribution in [3.05, 3.63) is 35.6 Å². The normalized spacial score (nSPS) is 24.3. The highest BCUT2D eigenvalue weighted by molar-refractivity contribution is 7.88.